The van der Waals surface area contributed by atoms with Crippen LogP contribution in [-0.2, 0) is 9.59 Å². The monoisotopic (exact) mass is 423 g/mol. The number of benzene rings is 1. The van der Waals surface area contributed by atoms with Gasteiger partial charge in [0.2, 0.25) is 5.91 Å². The summed E-state index contributed by atoms with van der Waals surface area (Å²) in [5.41, 5.74) is 3.23. The number of nitrogens with one attached hydrogen (secondary N) is 2. The van der Waals surface area contributed by atoms with Gasteiger partial charge in [0.1, 0.15) is 12.1 Å². The Kier molecular flexibility index (Phi) is 5.33. The van der Waals surface area contributed by atoms with Gasteiger partial charge in [-0.1, -0.05) is 37.5 Å². The SMILES string of the molecule is Cc1ccc(-n2nc(C)c(NC(=O)CN3C(=O)NC4(CCCCC4C)C3=O)c2C)cc1. The van der Waals surface area contributed by atoms with Crippen LogP contribution in [0.5, 0.6) is 0 Å². The number of aryl methyl sites for hydroxylation is 2. The van der Waals surface area contributed by atoms with Gasteiger partial charge in [-0.2, -0.15) is 5.10 Å². The van der Waals surface area contributed by atoms with Crippen molar-refractivity contribution in [2.24, 2.45) is 5.92 Å². The highest BCUT2D eigenvalue weighted by Crippen LogP contribution is 2.38. The largest absolute Gasteiger partial charge is 0.325 e. The quantitative estimate of drug-likeness (QED) is 0.738. The molecule has 8 nitrogen and oxygen atoms in total. The molecule has 1 aliphatic heterocycles. The first kappa shape index (κ1) is 21.1. The summed E-state index contributed by atoms with van der Waals surface area (Å²) in [7, 11) is 0. The Morgan fingerprint density at radius 1 is 1.19 bits per heavy atom. The van der Waals surface area contributed by atoms with Crippen molar-refractivity contribution in [1.29, 1.82) is 0 Å². The molecule has 1 saturated heterocycles. The highest BCUT2D eigenvalue weighted by atomic mass is 16.2. The van der Waals surface area contributed by atoms with Crippen LogP contribution in [0.1, 0.15) is 49.6 Å². The minimum atomic E-state index is -0.863. The molecule has 31 heavy (non-hydrogen) atoms. The van der Waals surface area contributed by atoms with E-state index < -0.39 is 17.5 Å². The molecule has 2 unspecified atom stereocenters. The summed E-state index contributed by atoms with van der Waals surface area (Å²) in [6.45, 7) is 7.40. The van der Waals surface area contributed by atoms with Crippen molar-refractivity contribution in [2.45, 2.75) is 58.9 Å². The van der Waals surface area contributed by atoms with E-state index in [-0.39, 0.29) is 18.4 Å². The Bertz CT molecular complexity index is 1040. The first-order valence-corrected chi connectivity index (χ1v) is 10.8. The van der Waals surface area contributed by atoms with Gasteiger partial charge < -0.3 is 10.6 Å². The third kappa shape index (κ3) is 3.60. The van der Waals surface area contributed by atoms with Crippen LogP contribution in [0, 0.1) is 26.7 Å². The molecule has 2 aliphatic rings. The number of rotatable bonds is 4. The molecule has 164 valence electrons. The second-order valence-corrected chi connectivity index (χ2v) is 8.78. The second-order valence-electron chi connectivity index (χ2n) is 8.78. The van der Waals surface area contributed by atoms with Gasteiger partial charge in [0, 0.05) is 0 Å². The number of aromatic nitrogens is 2. The molecule has 4 rings (SSSR count). The van der Waals surface area contributed by atoms with Crippen molar-refractivity contribution in [3.8, 4) is 5.69 Å². The summed E-state index contributed by atoms with van der Waals surface area (Å²) < 4.78 is 1.77. The molecule has 2 N–H and O–H groups in total. The molecule has 1 aromatic heterocycles. The topological polar surface area (TPSA) is 96.3 Å². The number of carbonyl (C=O) groups excluding carboxylic acids is 3. The Morgan fingerprint density at radius 3 is 2.58 bits per heavy atom. The Morgan fingerprint density at radius 2 is 1.90 bits per heavy atom. The summed E-state index contributed by atoms with van der Waals surface area (Å²) in [5, 5.41) is 10.3. The zero-order valence-electron chi connectivity index (χ0n) is 18.5. The van der Waals surface area contributed by atoms with Crippen LogP contribution in [0.4, 0.5) is 10.5 Å². The average Bonchev–Trinajstić information content (AvgIpc) is 3.14. The van der Waals surface area contributed by atoms with Crippen LogP contribution in [0.15, 0.2) is 24.3 Å². The summed E-state index contributed by atoms with van der Waals surface area (Å²) in [6, 6.07) is 7.46. The number of imide groups is 1. The average molecular weight is 424 g/mol. The Balaban J connectivity index is 1.50. The first-order chi connectivity index (χ1) is 14.7. The number of amides is 4. The highest BCUT2D eigenvalue weighted by molar-refractivity contribution is 6.10. The number of carbonyl (C=O) groups is 3. The smallest absolute Gasteiger partial charge is 0.323 e. The number of anilines is 1. The van der Waals surface area contributed by atoms with Crippen LogP contribution in [-0.4, -0.2) is 44.6 Å². The molecular weight excluding hydrogens is 394 g/mol. The van der Waals surface area contributed by atoms with Crippen LogP contribution in [0.2, 0.25) is 0 Å². The zero-order valence-corrected chi connectivity index (χ0v) is 18.5. The van der Waals surface area contributed by atoms with E-state index in [9.17, 15) is 14.4 Å². The molecule has 2 atom stereocenters. The molecule has 2 aromatic rings. The molecule has 0 radical (unpaired) electrons. The summed E-state index contributed by atoms with van der Waals surface area (Å²) in [5.74, 6) is -0.648. The van der Waals surface area contributed by atoms with Crippen molar-refractivity contribution in [2.75, 3.05) is 11.9 Å². The molecule has 0 bridgehead atoms. The second kappa shape index (κ2) is 7.83. The fraction of sp³-hybridized carbons (Fsp3) is 0.478. The molecule has 8 heteroatoms. The summed E-state index contributed by atoms with van der Waals surface area (Å²) in [4.78, 5) is 39.5. The van der Waals surface area contributed by atoms with Crippen LogP contribution in [0.3, 0.4) is 0 Å². The van der Waals surface area contributed by atoms with Crippen molar-refractivity contribution < 1.29 is 14.4 Å². The fourth-order valence-corrected chi connectivity index (χ4v) is 4.72. The van der Waals surface area contributed by atoms with Gasteiger partial charge in [-0.25, -0.2) is 9.48 Å². The van der Waals surface area contributed by atoms with Gasteiger partial charge in [-0.15, -0.1) is 0 Å². The van der Waals surface area contributed by atoms with E-state index in [0.717, 1.165) is 41.1 Å². The van der Waals surface area contributed by atoms with Crippen LogP contribution >= 0.6 is 0 Å². The molecule has 4 amide bonds. The number of hydrogen-bond acceptors (Lipinski definition) is 4. The third-order valence-electron chi connectivity index (χ3n) is 6.64. The minimum absolute atomic E-state index is 0.0583. The van der Waals surface area contributed by atoms with E-state index in [2.05, 4.69) is 15.7 Å². The normalized spacial score (nSPS) is 23.4. The van der Waals surface area contributed by atoms with Gasteiger partial charge >= 0.3 is 6.03 Å². The molecule has 1 aromatic carbocycles. The highest BCUT2D eigenvalue weighted by Gasteiger charge is 2.55. The standard InChI is InChI=1S/C23H29N5O3/c1-14-8-10-18(11-9-14)28-17(4)20(16(3)26-28)24-19(29)13-27-21(30)23(25-22(27)31)12-6-5-7-15(23)2/h8-11,15H,5-7,12-13H2,1-4H3,(H,24,29)(H,25,31). The van der Waals surface area contributed by atoms with Crippen molar-refractivity contribution in [1.82, 2.24) is 20.0 Å². The number of nitrogens with zero attached hydrogens (tertiary/aromatic N) is 3. The maximum atomic E-state index is 13.1. The zero-order chi connectivity index (χ0) is 22.3. The van der Waals surface area contributed by atoms with Gasteiger partial charge in [0.05, 0.1) is 22.8 Å². The van der Waals surface area contributed by atoms with E-state index in [1.54, 1.807) is 4.68 Å². The number of hydrogen-bond donors (Lipinski definition) is 2. The Labute approximate surface area is 182 Å². The first-order valence-electron chi connectivity index (χ1n) is 10.8. The Hall–Kier alpha value is -3.16. The van der Waals surface area contributed by atoms with E-state index in [4.69, 9.17) is 0 Å². The predicted octanol–water partition coefficient (Wildman–Crippen LogP) is 3.24. The molecule has 2 fully saturated rings. The van der Waals surface area contributed by atoms with Crippen molar-refractivity contribution in [3.63, 3.8) is 0 Å². The van der Waals surface area contributed by atoms with Gasteiger partial charge in [0.15, 0.2) is 0 Å². The maximum absolute atomic E-state index is 13.1. The van der Waals surface area contributed by atoms with Gasteiger partial charge in [-0.3, -0.25) is 14.5 Å². The van der Waals surface area contributed by atoms with E-state index in [1.165, 1.54) is 0 Å². The molecule has 1 spiro atoms. The van der Waals surface area contributed by atoms with Crippen LogP contribution in [0.25, 0.3) is 5.69 Å². The van der Waals surface area contributed by atoms with E-state index >= 15 is 0 Å². The third-order valence-corrected chi connectivity index (χ3v) is 6.64. The van der Waals surface area contributed by atoms with Gasteiger partial charge in [-0.05, 0) is 51.7 Å². The molecule has 2 heterocycles. The molecule has 1 aliphatic carbocycles. The number of urea groups is 1. The van der Waals surface area contributed by atoms with Crippen molar-refractivity contribution >= 4 is 23.5 Å². The lowest BCUT2D eigenvalue weighted by atomic mass is 9.73. The lowest BCUT2D eigenvalue weighted by molar-refractivity contribution is -0.136. The summed E-state index contributed by atoms with van der Waals surface area (Å²) >= 11 is 0. The molecule has 1 saturated carbocycles. The predicted molar refractivity (Wildman–Crippen MR) is 117 cm³/mol. The van der Waals surface area contributed by atoms with E-state index in [0.29, 0.717) is 17.8 Å². The van der Waals surface area contributed by atoms with Gasteiger partial charge in [0.25, 0.3) is 5.91 Å². The van der Waals surface area contributed by atoms with Crippen LogP contribution < -0.4 is 10.6 Å². The van der Waals surface area contributed by atoms with E-state index in [1.807, 2.05) is 52.0 Å². The maximum Gasteiger partial charge on any atom is 0.325 e. The summed E-state index contributed by atoms with van der Waals surface area (Å²) in [6.07, 6.45) is 3.46. The molecular formula is C23H29N5O3. The fourth-order valence-electron chi connectivity index (χ4n) is 4.72. The van der Waals surface area contributed by atoms with Crippen molar-refractivity contribution in [3.05, 3.63) is 41.2 Å². The minimum Gasteiger partial charge on any atom is -0.323 e. The lowest BCUT2D eigenvalue weighted by Crippen LogP contribution is -2.54. The lowest BCUT2D eigenvalue weighted by Gasteiger charge is -2.36.